The number of ether oxygens (including phenoxy) is 4. The normalized spacial score (nSPS) is 13.1. The minimum atomic E-state index is 0.456. The average Bonchev–Trinajstić information content (AvgIpc) is 2.38. The Balaban J connectivity index is 4.48. The minimum Gasteiger partial charge on any atom is -0.384 e. The average molecular weight is 260 g/mol. The fourth-order valence-electron chi connectivity index (χ4n) is 1.22. The molecule has 0 spiro atoms. The number of rotatable bonds is 11. The van der Waals surface area contributed by atoms with Crippen LogP contribution in [0, 0.1) is 0 Å². The van der Waals surface area contributed by atoms with Gasteiger partial charge in [-0.25, -0.2) is 0 Å². The van der Waals surface area contributed by atoms with Gasteiger partial charge in [0.2, 0.25) is 0 Å². The third-order valence-electron chi connectivity index (χ3n) is 2.14. The van der Waals surface area contributed by atoms with E-state index in [0.717, 1.165) is 11.4 Å². The van der Waals surface area contributed by atoms with E-state index in [9.17, 15) is 0 Å². The Morgan fingerprint density at radius 2 is 1.06 bits per heavy atom. The fraction of sp³-hybridized carbons (Fsp3) is 0.833. The van der Waals surface area contributed by atoms with E-state index in [1.54, 1.807) is 28.4 Å². The van der Waals surface area contributed by atoms with Crippen LogP contribution in [0.4, 0.5) is 0 Å². The quantitative estimate of drug-likeness (QED) is 0.413. The summed E-state index contributed by atoms with van der Waals surface area (Å²) in [7, 11) is 6.57. The predicted octanol–water partition coefficient (Wildman–Crippen LogP) is 1.15. The highest BCUT2D eigenvalue weighted by Gasteiger charge is 2.01. The molecule has 18 heavy (non-hydrogen) atoms. The topological polar surface area (TPSA) is 61.6 Å². The van der Waals surface area contributed by atoms with E-state index in [4.69, 9.17) is 18.9 Å². The van der Waals surface area contributed by atoms with Crippen molar-refractivity contribution in [1.82, 2.24) is 0 Å². The minimum absolute atomic E-state index is 0.456. The van der Waals surface area contributed by atoms with Gasteiger partial charge >= 0.3 is 0 Å². The molecule has 0 rings (SSSR count). The summed E-state index contributed by atoms with van der Waals surface area (Å²) in [5, 5.41) is 8.37. The molecule has 0 N–H and O–H groups in total. The van der Waals surface area contributed by atoms with E-state index >= 15 is 0 Å². The summed E-state index contributed by atoms with van der Waals surface area (Å²) in [6.45, 7) is 2.12. The van der Waals surface area contributed by atoms with Gasteiger partial charge in [-0.1, -0.05) is 0 Å². The standard InChI is InChI=1S/C12H24N2O4/c1-15-7-5-11(9-17-3)13-14-12(10-18-4)6-8-16-2/h5-10H2,1-4H3/b13-11-,14-12+. The Hall–Kier alpha value is -0.820. The van der Waals surface area contributed by atoms with Crippen molar-refractivity contribution in [3.05, 3.63) is 0 Å². The van der Waals surface area contributed by atoms with Crippen molar-refractivity contribution in [3.8, 4) is 0 Å². The Bertz CT molecular complexity index is 228. The van der Waals surface area contributed by atoms with Gasteiger partial charge in [-0.3, -0.25) is 0 Å². The number of nitrogens with zero attached hydrogens (tertiary/aromatic N) is 2. The molecule has 0 saturated heterocycles. The van der Waals surface area contributed by atoms with Crippen LogP contribution >= 0.6 is 0 Å². The first-order chi connectivity index (χ1) is 8.78. The van der Waals surface area contributed by atoms with Gasteiger partial charge in [0.15, 0.2) is 0 Å². The van der Waals surface area contributed by atoms with Gasteiger partial charge in [-0.05, 0) is 0 Å². The Labute approximate surface area is 109 Å². The van der Waals surface area contributed by atoms with Gasteiger partial charge in [0.1, 0.15) is 0 Å². The molecule has 0 unspecified atom stereocenters. The lowest BCUT2D eigenvalue weighted by molar-refractivity contribution is 0.200. The Morgan fingerprint density at radius 3 is 1.33 bits per heavy atom. The van der Waals surface area contributed by atoms with E-state index in [2.05, 4.69) is 10.2 Å². The van der Waals surface area contributed by atoms with Gasteiger partial charge in [-0.15, -0.1) is 0 Å². The van der Waals surface area contributed by atoms with Crippen LogP contribution in [-0.2, 0) is 18.9 Å². The van der Waals surface area contributed by atoms with Gasteiger partial charge in [0, 0.05) is 41.3 Å². The van der Waals surface area contributed by atoms with E-state index in [-0.39, 0.29) is 0 Å². The van der Waals surface area contributed by atoms with Crippen LogP contribution < -0.4 is 0 Å². The monoisotopic (exact) mass is 260 g/mol. The highest BCUT2D eigenvalue weighted by molar-refractivity contribution is 5.89. The molecule has 0 heterocycles. The van der Waals surface area contributed by atoms with Crippen molar-refractivity contribution in [3.63, 3.8) is 0 Å². The van der Waals surface area contributed by atoms with Crippen molar-refractivity contribution in [1.29, 1.82) is 0 Å². The second kappa shape index (κ2) is 12.6. The fourth-order valence-corrected chi connectivity index (χ4v) is 1.22. The van der Waals surface area contributed by atoms with E-state index < -0.39 is 0 Å². The van der Waals surface area contributed by atoms with Crippen molar-refractivity contribution in [2.45, 2.75) is 12.8 Å². The van der Waals surface area contributed by atoms with Gasteiger partial charge in [0.25, 0.3) is 0 Å². The smallest absolute Gasteiger partial charge is 0.0864 e. The third-order valence-corrected chi connectivity index (χ3v) is 2.14. The van der Waals surface area contributed by atoms with Crippen LogP contribution in [0.2, 0.25) is 0 Å². The largest absolute Gasteiger partial charge is 0.384 e. The van der Waals surface area contributed by atoms with Crippen molar-refractivity contribution in [2.24, 2.45) is 10.2 Å². The van der Waals surface area contributed by atoms with Gasteiger partial charge in [0.05, 0.1) is 37.9 Å². The van der Waals surface area contributed by atoms with Crippen LogP contribution in [0.5, 0.6) is 0 Å². The second-order valence-corrected chi connectivity index (χ2v) is 3.68. The zero-order valence-electron chi connectivity index (χ0n) is 11.8. The molecule has 0 fully saturated rings. The summed E-state index contributed by atoms with van der Waals surface area (Å²) in [4.78, 5) is 0. The van der Waals surface area contributed by atoms with E-state index in [0.29, 0.717) is 39.3 Å². The number of hydrogen-bond donors (Lipinski definition) is 0. The molecule has 0 aromatic carbocycles. The molecule has 6 heteroatoms. The molecule has 0 radical (unpaired) electrons. The summed E-state index contributed by atoms with van der Waals surface area (Å²) in [6, 6.07) is 0. The summed E-state index contributed by atoms with van der Waals surface area (Å²) >= 11 is 0. The van der Waals surface area contributed by atoms with Crippen molar-refractivity contribution >= 4 is 11.4 Å². The first-order valence-electron chi connectivity index (χ1n) is 5.85. The molecular weight excluding hydrogens is 236 g/mol. The van der Waals surface area contributed by atoms with Crippen LogP contribution in [0.25, 0.3) is 0 Å². The lowest BCUT2D eigenvalue weighted by Gasteiger charge is -2.05. The van der Waals surface area contributed by atoms with Gasteiger partial charge in [-0.2, -0.15) is 10.2 Å². The number of hydrogen-bond acceptors (Lipinski definition) is 6. The summed E-state index contributed by atoms with van der Waals surface area (Å²) in [6.07, 6.45) is 1.41. The molecule has 0 aliphatic carbocycles. The molecule has 0 atom stereocenters. The zero-order valence-corrected chi connectivity index (χ0v) is 11.8. The lowest BCUT2D eigenvalue weighted by atomic mass is 10.3. The van der Waals surface area contributed by atoms with Crippen LogP contribution in [0.3, 0.4) is 0 Å². The molecule has 0 bridgehead atoms. The second-order valence-electron chi connectivity index (χ2n) is 3.68. The van der Waals surface area contributed by atoms with Crippen LogP contribution in [-0.4, -0.2) is 66.3 Å². The lowest BCUT2D eigenvalue weighted by Crippen LogP contribution is -2.12. The molecule has 106 valence electrons. The molecule has 0 aliphatic rings. The summed E-state index contributed by atoms with van der Waals surface area (Å²) in [5.74, 6) is 0. The highest BCUT2D eigenvalue weighted by Crippen LogP contribution is 1.95. The molecule has 0 aromatic rings. The maximum absolute atomic E-state index is 5.06. The Kier molecular flexibility index (Phi) is 12.1. The van der Waals surface area contributed by atoms with Crippen LogP contribution in [0.15, 0.2) is 10.2 Å². The maximum Gasteiger partial charge on any atom is 0.0864 e. The zero-order chi connectivity index (χ0) is 13.6. The molecule has 0 amide bonds. The highest BCUT2D eigenvalue weighted by atomic mass is 16.5. The van der Waals surface area contributed by atoms with Crippen LogP contribution in [0.1, 0.15) is 12.8 Å². The first-order valence-corrected chi connectivity index (χ1v) is 5.85. The molecule has 0 aliphatic heterocycles. The van der Waals surface area contributed by atoms with Crippen molar-refractivity contribution in [2.75, 3.05) is 54.9 Å². The molecule has 0 aromatic heterocycles. The van der Waals surface area contributed by atoms with E-state index in [1.165, 1.54) is 0 Å². The SMILES string of the molecule is COCC/C(COC)=N/N=C(\CCOC)COC. The molecular formula is C12H24N2O4. The Morgan fingerprint density at radius 1 is 0.667 bits per heavy atom. The molecule has 0 saturated carbocycles. The molecule has 6 nitrogen and oxygen atoms in total. The first kappa shape index (κ1) is 17.2. The summed E-state index contributed by atoms with van der Waals surface area (Å²) < 4.78 is 20.1. The predicted molar refractivity (Wildman–Crippen MR) is 71.6 cm³/mol. The third kappa shape index (κ3) is 9.23. The summed E-state index contributed by atoms with van der Waals surface area (Å²) in [5.41, 5.74) is 1.70. The van der Waals surface area contributed by atoms with Gasteiger partial charge < -0.3 is 18.9 Å². The van der Waals surface area contributed by atoms with Crippen molar-refractivity contribution < 1.29 is 18.9 Å². The van der Waals surface area contributed by atoms with E-state index in [1.807, 2.05) is 0 Å². The maximum atomic E-state index is 5.06. The number of methoxy groups -OCH3 is 4.